The number of rotatable bonds is 5. The van der Waals surface area contributed by atoms with Crippen molar-refractivity contribution < 1.29 is 8.78 Å². The molecule has 1 aromatic rings. The maximum Gasteiger partial charge on any atom is 0.129 e. The first kappa shape index (κ1) is 12.1. The van der Waals surface area contributed by atoms with E-state index in [-0.39, 0.29) is 11.6 Å². The molecule has 1 atom stereocenters. The molecule has 1 rings (SSSR count). The molecule has 0 aliphatic carbocycles. The maximum absolute atomic E-state index is 13.2. The minimum atomic E-state index is -0.489. The van der Waals surface area contributed by atoms with Crippen LogP contribution in [0.5, 0.6) is 0 Å². The number of nitrogens with two attached hydrogens (primary N) is 1. The predicted molar refractivity (Wildman–Crippen MR) is 56.6 cm³/mol. The highest BCUT2D eigenvalue weighted by Gasteiger charge is 2.07. The molecule has 0 aromatic heterocycles. The summed E-state index contributed by atoms with van der Waals surface area (Å²) in [5, 5.41) is 3.08. The zero-order valence-corrected chi connectivity index (χ0v) is 8.76. The molecule has 0 saturated carbocycles. The highest BCUT2D eigenvalue weighted by molar-refractivity contribution is 5.19. The number of hydrogen-bond acceptors (Lipinski definition) is 2. The van der Waals surface area contributed by atoms with E-state index in [1.165, 1.54) is 18.2 Å². The van der Waals surface area contributed by atoms with Crippen LogP contribution in [0.4, 0.5) is 8.78 Å². The number of halogens is 2. The summed E-state index contributed by atoms with van der Waals surface area (Å²) in [6.07, 6.45) is 0.336. The van der Waals surface area contributed by atoms with Crippen molar-refractivity contribution >= 4 is 0 Å². The molecule has 0 bridgehead atoms. The third-order valence-electron chi connectivity index (χ3n) is 2.28. The summed E-state index contributed by atoms with van der Waals surface area (Å²) in [5.74, 6) is -0.977. The number of nitrogens with one attached hydrogen (secondary N) is 1. The fraction of sp³-hybridized carbons (Fsp3) is 0.455. The standard InChI is InChI=1S/C11H16F2N2/c1-8(7-14)15-6-5-9-10(12)3-2-4-11(9)13/h2-4,8,15H,5-7,14H2,1H3. The second-order valence-electron chi connectivity index (χ2n) is 3.54. The van der Waals surface area contributed by atoms with Crippen molar-refractivity contribution in [3.8, 4) is 0 Å². The van der Waals surface area contributed by atoms with E-state index in [1.807, 2.05) is 6.92 Å². The Morgan fingerprint density at radius 1 is 1.33 bits per heavy atom. The third kappa shape index (κ3) is 3.57. The first-order valence-electron chi connectivity index (χ1n) is 5.01. The number of benzene rings is 1. The summed E-state index contributed by atoms with van der Waals surface area (Å²) >= 11 is 0. The minimum absolute atomic E-state index is 0.134. The molecule has 0 radical (unpaired) electrons. The van der Waals surface area contributed by atoms with Gasteiger partial charge in [-0.05, 0) is 32.0 Å². The van der Waals surface area contributed by atoms with Crippen molar-refractivity contribution in [2.24, 2.45) is 5.73 Å². The fourth-order valence-electron chi connectivity index (χ4n) is 1.30. The van der Waals surface area contributed by atoms with Crippen LogP contribution in [-0.4, -0.2) is 19.1 Å². The van der Waals surface area contributed by atoms with Crippen molar-refractivity contribution in [1.29, 1.82) is 0 Å². The van der Waals surface area contributed by atoms with E-state index in [9.17, 15) is 8.78 Å². The smallest absolute Gasteiger partial charge is 0.129 e. The Balaban J connectivity index is 2.50. The predicted octanol–water partition coefficient (Wildman–Crippen LogP) is 1.44. The second kappa shape index (κ2) is 5.78. The molecule has 3 N–H and O–H groups in total. The molecule has 0 aliphatic heterocycles. The molecule has 4 heteroatoms. The lowest BCUT2D eigenvalue weighted by Gasteiger charge is -2.11. The van der Waals surface area contributed by atoms with Gasteiger partial charge >= 0.3 is 0 Å². The lowest BCUT2D eigenvalue weighted by atomic mass is 10.1. The van der Waals surface area contributed by atoms with Gasteiger partial charge in [0, 0.05) is 18.2 Å². The first-order chi connectivity index (χ1) is 7.15. The van der Waals surface area contributed by atoms with Crippen LogP contribution in [0.3, 0.4) is 0 Å². The van der Waals surface area contributed by atoms with Gasteiger partial charge in [-0.25, -0.2) is 8.78 Å². The molecule has 0 heterocycles. The van der Waals surface area contributed by atoms with E-state index in [1.54, 1.807) is 0 Å². The molecule has 1 aromatic carbocycles. The molecule has 15 heavy (non-hydrogen) atoms. The van der Waals surface area contributed by atoms with Gasteiger partial charge in [0.2, 0.25) is 0 Å². The summed E-state index contributed by atoms with van der Waals surface area (Å²) in [5.41, 5.74) is 5.53. The molecular formula is C11H16F2N2. The van der Waals surface area contributed by atoms with Crippen LogP contribution < -0.4 is 11.1 Å². The van der Waals surface area contributed by atoms with Crippen LogP contribution in [0.25, 0.3) is 0 Å². The van der Waals surface area contributed by atoms with E-state index < -0.39 is 11.6 Å². The summed E-state index contributed by atoms with van der Waals surface area (Å²) < 4.78 is 26.3. The minimum Gasteiger partial charge on any atom is -0.329 e. The normalized spacial score (nSPS) is 12.8. The van der Waals surface area contributed by atoms with Crippen LogP contribution in [0, 0.1) is 11.6 Å². The Kier molecular flexibility index (Phi) is 4.65. The monoisotopic (exact) mass is 214 g/mol. The zero-order chi connectivity index (χ0) is 11.3. The average molecular weight is 214 g/mol. The Morgan fingerprint density at radius 3 is 2.47 bits per heavy atom. The van der Waals surface area contributed by atoms with E-state index >= 15 is 0 Å². The lowest BCUT2D eigenvalue weighted by Crippen LogP contribution is -2.34. The summed E-state index contributed by atoms with van der Waals surface area (Å²) in [6, 6.07) is 4.07. The Bertz CT molecular complexity index is 295. The van der Waals surface area contributed by atoms with Crippen LogP contribution in [0.2, 0.25) is 0 Å². The SMILES string of the molecule is CC(CN)NCCc1c(F)cccc1F. The van der Waals surface area contributed by atoms with Crippen molar-refractivity contribution in [3.05, 3.63) is 35.4 Å². The van der Waals surface area contributed by atoms with Gasteiger partial charge in [-0.3, -0.25) is 0 Å². The Labute approximate surface area is 88.5 Å². The summed E-state index contributed by atoms with van der Waals surface area (Å²) in [6.45, 7) is 2.97. The topological polar surface area (TPSA) is 38.0 Å². The van der Waals surface area contributed by atoms with Crippen LogP contribution in [0.15, 0.2) is 18.2 Å². The van der Waals surface area contributed by atoms with E-state index in [0.29, 0.717) is 19.5 Å². The Morgan fingerprint density at radius 2 is 1.93 bits per heavy atom. The average Bonchev–Trinajstić information content (AvgIpc) is 2.22. The fourth-order valence-corrected chi connectivity index (χ4v) is 1.30. The van der Waals surface area contributed by atoms with Gasteiger partial charge in [-0.1, -0.05) is 6.07 Å². The Hall–Kier alpha value is -1.00. The molecule has 0 amide bonds. The lowest BCUT2D eigenvalue weighted by molar-refractivity contribution is 0.523. The first-order valence-corrected chi connectivity index (χ1v) is 5.01. The van der Waals surface area contributed by atoms with Crippen LogP contribution in [0.1, 0.15) is 12.5 Å². The van der Waals surface area contributed by atoms with Gasteiger partial charge in [-0.15, -0.1) is 0 Å². The largest absolute Gasteiger partial charge is 0.329 e. The van der Waals surface area contributed by atoms with Gasteiger partial charge in [-0.2, -0.15) is 0 Å². The van der Waals surface area contributed by atoms with E-state index in [2.05, 4.69) is 5.32 Å². The molecule has 0 aliphatic rings. The zero-order valence-electron chi connectivity index (χ0n) is 8.76. The van der Waals surface area contributed by atoms with Gasteiger partial charge < -0.3 is 11.1 Å². The van der Waals surface area contributed by atoms with Crippen molar-refractivity contribution in [2.45, 2.75) is 19.4 Å². The second-order valence-corrected chi connectivity index (χ2v) is 3.54. The highest BCUT2D eigenvalue weighted by atomic mass is 19.1. The highest BCUT2D eigenvalue weighted by Crippen LogP contribution is 2.11. The molecule has 0 spiro atoms. The van der Waals surface area contributed by atoms with Gasteiger partial charge in [0.05, 0.1) is 0 Å². The van der Waals surface area contributed by atoms with Crippen LogP contribution in [-0.2, 0) is 6.42 Å². The summed E-state index contributed by atoms with van der Waals surface area (Å²) in [4.78, 5) is 0. The van der Waals surface area contributed by atoms with Crippen molar-refractivity contribution in [1.82, 2.24) is 5.32 Å². The van der Waals surface area contributed by atoms with E-state index in [4.69, 9.17) is 5.73 Å². The molecule has 1 unspecified atom stereocenters. The molecule has 2 nitrogen and oxygen atoms in total. The van der Waals surface area contributed by atoms with Crippen molar-refractivity contribution in [2.75, 3.05) is 13.1 Å². The number of hydrogen-bond donors (Lipinski definition) is 2. The van der Waals surface area contributed by atoms with Gasteiger partial charge in [0.25, 0.3) is 0 Å². The van der Waals surface area contributed by atoms with Crippen molar-refractivity contribution in [3.63, 3.8) is 0 Å². The molecule has 84 valence electrons. The summed E-state index contributed by atoms with van der Waals surface area (Å²) in [7, 11) is 0. The van der Waals surface area contributed by atoms with Crippen LogP contribution >= 0.6 is 0 Å². The quantitative estimate of drug-likeness (QED) is 0.778. The molecule has 0 saturated heterocycles. The molecule has 0 fully saturated rings. The van der Waals surface area contributed by atoms with E-state index in [0.717, 1.165) is 0 Å². The van der Waals surface area contributed by atoms with Gasteiger partial charge in [0.15, 0.2) is 0 Å². The van der Waals surface area contributed by atoms with Gasteiger partial charge in [0.1, 0.15) is 11.6 Å². The maximum atomic E-state index is 13.2. The third-order valence-corrected chi connectivity index (χ3v) is 2.28. The molecular weight excluding hydrogens is 198 g/mol.